The van der Waals surface area contributed by atoms with Crippen molar-refractivity contribution in [1.29, 1.82) is 0 Å². The van der Waals surface area contributed by atoms with Crippen molar-refractivity contribution in [3.63, 3.8) is 0 Å². The summed E-state index contributed by atoms with van der Waals surface area (Å²) in [6.07, 6.45) is 1.46. The predicted molar refractivity (Wildman–Crippen MR) is 119 cm³/mol. The standard InChI is InChI=1S/C19H24N6O2S2/c1-12-17(13-4-5-20-15(26)8-13)18(27)24-19(22-12)21-6-7-28-10-14-11-29-16(23-14)9-25(2)3/h4-5,8,11H,6-7,9-10H2,1-3H3,(H,20,26)(H2,21,22,24,27). The van der Waals surface area contributed by atoms with Crippen molar-refractivity contribution >= 4 is 29.0 Å². The third-order valence-corrected chi connectivity index (χ3v) is 5.85. The van der Waals surface area contributed by atoms with Crippen molar-refractivity contribution in [3.8, 4) is 17.0 Å². The van der Waals surface area contributed by atoms with E-state index in [0.29, 0.717) is 29.3 Å². The summed E-state index contributed by atoms with van der Waals surface area (Å²) in [4.78, 5) is 30.1. The summed E-state index contributed by atoms with van der Waals surface area (Å²) in [6, 6.07) is 3.12. The summed E-state index contributed by atoms with van der Waals surface area (Å²) in [5, 5.41) is 15.9. The van der Waals surface area contributed by atoms with E-state index in [0.717, 1.165) is 28.8 Å². The second-order valence-electron chi connectivity index (χ2n) is 6.73. The topological polar surface area (TPSA) is 107 Å². The molecule has 0 fully saturated rings. The molecule has 154 valence electrons. The van der Waals surface area contributed by atoms with E-state index in [2.05, 4.69) is 35.5 Å². The first-order valence-corrected chi connectivity index (χ1v) is 11.1. The molecular formula is C19H24N6O2S2. The highest BCUT2D eigenvalue weighted by molar-refractivity contribution is 7.98. The van der Waals surface area contributed by atoms with Gasteiger partial charge in [0.05, 0.1) is 17.0 Å². The first-order valence-electron chi connectivity index (χ1n) is 9.08. The van der Waals surface area contributed by atoms with E-state index in [1.54, 1.807) is 36.1 Å². The zero-order chi connectivity index (χ0) is 20.8. The highest BCUT2D eigenvalue weighted by Crippen LogP contribution is 2.21. The van der Waals surface area contributed by atoms with Crippen molar-refractivity contribution in [2.75, 3.05) is 31.7 Å². The number of rotatable bonds is 9. The molecule has 0 amide bonds. The summed E-state index contributed by atoms with van der Waals surface area (Å²) >= 11 is 3.47. The van der Waals surface area contributed by atoms with Crippen molar-refractivity contribution in [2.45, 2.75) is 19.2 Å². The lowest BCUT2D eigenvalue weighted by Gasteiger charge is -2.09. The largest absolute Gasteiger partial charge is 0.493 e. The summed E-state index contributed by atoms with van der Waals surface area (Å²) < 4.78 is 0. The molecule has 0 atom stereocenters. The lowest BCUT2D eigenvalue weighted by atomic mass is 10.1. The van der Waals surface area contributed by atoms with Gasteiger partial charge in [0.1, 0.15) is 5.01 Å². The van der Waals surface area contributed by atoms with Crippen LogP contribution < -0.4 is 10.9 Å². The van der Waals surface area contributed by atoms with Gasteiger partial charge < -0.3 is 15.3 Å². The van der Waals surface area contributed by atoms with Crippen LogP contribution in [0.2, 0.25) is 0 Å². The van der Waals surface area contributed by atoms with Gasteiger partial charge in [0.25, 0.3) is 5.56 Å². The van der Waals surface area contributed by atoms with Crippen LogP contribution in [0.5, 0.6) is 5.88 Å². The SMILES string of the molecule is Cc1nc(NCCSCc2csc(CN(C)C)n2)[nH]c(=O)c1-c1ccnc(O)c1. The average molecular weight is 433 g/mol. The van der Waals surface area contributed by atoms with Gasteiger partial charge in [0, 0.05) is 42.2 Å². The van der Waals surface area contributed by atoms with Gasteiger partial charge in [-0.1, -0.05) is 0 Å². The number of anilines is 1. The Labute approximate surface area is 177 Å². The first-order chi connectivity index (χ1) is 13.9. The molecule has 0 radical (unpaired) electrons. The normalized spacial score (nSPS) is 11.2. The number of hydrogen-bond acceptors (Lipinski definition) is 9. The molecule has 29 heavy (non-hydrogen) atoms. The van der Waals surface area contributed by atoms with Crippen molar-refractivity contribution in [3.05, 3.63) is 50.5 Å². The second-order valence-corrected chi connectivity index (χ2v) is 8.78. The fourth-order valence-electron chi connectivity index (χ4n) is 2.76. The Balaban J connectivity index is 1.51. The van der Waals surface area contributed by atoms with Gasteiger partial charge >= 0.3 is 0 Å². The molecule has 0 aliphatic carbocycles. The first kappa shape index (κ1) is 21.3. The number of nitrogens with one attached hydrogen (secondary N) is 2. The molecule has 0 aliphatic heterocycles. The molecular weight excluding hydrogens is 408 g/mol. The molecule has 8 nitrogen and oxygen atoms in total. The van der Waals surface area contributed by atoms with Crippen LogP contribution in [0.3, 0.4) is 0 Å². The number of pyridine rings is 1. The molecule has 3 aromatic heterocycles. The molecule has 3 heterocycles. The molecule has 3 aromatic rings. The van der Waals surface area contributed by atoms with E-state index in [1.807, 2.05) is 14.1 Å². The number of aromatic amines is 1. The summed E-state index contributed by atoms with van der Waals surface area (Å²) in [5.41, 5.74) is 2.45. The Bertz CT molecular complexity index is 1020. The van der Waals surface area contributed by atoms with Gasteiger partial charge in [0.15, 0.2) is 0 Å². The Morgan fingerprint density at radius 1 is 1.34 bits per heavy atom. The van der Waals surface area contributed by atoms with E-state index in [4.69, 9.17) is 0 Å². The number of nitrogens with zero attached hydrogens (tertiary/aromatic N) is 4. The average Bonchev–Trinajstić information content (AvgIpc) is 3.07. The molecule has 0 saturated heterocycles. The van der Waals surface area contributed by atoms with Crippen molar-refractivity contribution in [1.82, 2.24) is 24.8 Å². The van der Waals surface area contributed by atoms with Gasteiger partial charge in [-0.05, 0) is 32.6 Å². The monoisotopic (exact) mass is 432 g/mol. The van der Waals surface area contributed by atoms with Crippen LogP contribution in [0.1, 0.15) is 16.4 Å². The van der Waals surface area contributed by atoms with Gasteiger partial charge in [-0.25, -0.2) is 15.0 Å². The van der Waals surface area contributed by atoms with E-state index in [1.165, 1.54) is 12.3 Å². The minimum atomic E-state index is -0.255. The maximum absolute atomic E-state index is 12.5. The number of thiazole rings is 1. The lowest BCUT2D eigenvalue weighted by Crippen LogP contribution is -2.18. The maximum atomic E-state index is 12.5. The smallest absolute Gasteiger partial charge is 0.260 e. The van der Waals surface area contributed by atoms with Gasteiger partial charge in [-0.3, -0.25) is 9.78 Å². The number of aryl methyl sites for hydroxylation is 1. The van der Waals surface area contributed by atoms with E-state index < -0.39 is 0 Å². The number of H-pyrrole nitrogens is 1. The number of aromatic hydroxyl groups is 1. The molecule has 0 aromatic carbocycles. The van der Waals surface area contributed by atoms with Crippen LogP contribution in [0.15, 0.2) is 28.5 Å². The van der Waals surface area contributed by atoms with Crippen LogP contribution in [-0.4, -0.2) is 56.3 Å². The highest BCUT2D eigenvalue weighted by Gasteiger charge is 2.11. The highest BCUT2D eigenvalue weighted by atomic mass is 32.2. The Morgan fingerprint density at radius 2 is 2.17 bits per heavy atom. The lowest BCUT2D eigenvalue weighted by molar-refractivity contribution is 0.401. The van der Waals surface area contributed by atoms with Crippen molar-refractivity contribution < 1.29 is 5.11 Å². The fraction of sp³-hybridized carbons (Fsp3) is 0.368. The molecule has 0 unspecified atom stereocenters. The molecule has 0 aliphatic rings. The molecule has 3 rings (SSSR count). The molecule has 3 N–H and O–H groups in total. The Morgan fingerprint density at radius 3 is 2.90 bits per heavy atom. The van der Waals surface area contributed by atoms with E-state index in [9.17, 15) is 9.90 Å². The Kier molecular flexibility index (Phi) is 7.24. The number of thioether (sulfide) groups is 1. The van der Waals surface area contributed by atoms with Crippen LogP contribution in [0.25, 0.3) is 11.1 Å². The van der Waals surface area contributed by atoms with Gasteiger partial charge in [0.2, 0.25) is 11.8 Å². The van der Waals surface area contributed by atoms with Gasteiger partial charge in [-0.15, -0.1) is 11.3 Å². The third-order valence-electron chi connectivity index (χ3n) is 3.97. The van der Waals surface area contributed by atoms with Gasteiger partial charge in [-0.2, -0.15) is 11.8 Å². The van der Waals surface area contributed by atoms with Crippen molar-refractivity contribution in [2.24, 2.45) is 0 Å². The van der Waals surface area contributed by atoms with Crippen LogP contribution in [0.4, 0.5) is 5.95 Å². The molecule has 0 bridgehead atoms. The zero-order valence-electron chi connectivity index (χ0n) is 16.6. The molecule has 10 heteroatoms. The zero-order valence-corrected chi connectivity index (χ0v) is 18.2. The quantitative estimate of drug-likeness (QED) is 0.443. The van der Waals surface area contributed by atoms with E-state index in [-0.39, 0.29) is 11.4 Å². The number of hydrogen-bond donors (Lipinski definition) is 3. The third kappa shape index (κ3) is 6.02. The van der Waals surface area contributed by atoms with Crippen LogP contribution in [-0.2, 0) is 12.3 Å². The minimum Gasteiger partial charge on any atom is -0.493 e. The second kappa shape index (κ2) is 9.86. The van der Waals surface area contributed by atoms with Crippen LogP contribution >= 0.6 is 23.1 Å². The maximum Gasteiger partial charge on any atom is 0.260 e. The predicted octanol–water partition coefficient (Wildman–Crippen LogP) is 2.71. The number of aromatic nitrogens is 4. The summed E-state index contributed by atoms with van der Waals surface area (Å²) in [6.45, 7) is 3.32. The minimum absolute atomic E-state index is 0.130. The fourth-order valence-corrected chi connectivity index (χ4v) is 4.52. The Hall–Kier alpha value is -2.43. The molecule has 0 saturated carbocycles. The summed E-state index contributed by atoms with van der Waals surface area (Å²) in [5.74, 6) is 2.04. The summed E-state index contributed by atoms with van der Waals surface area (Å²) in [7, 11) is 4.07. The van der Waals surface area contributed by atoms with E-state index >= 15 is 0 Å². The van der Waals surface area contributed by atoms with Crippen LogP contribution in [0, 0.1) is 6.92 Å². The molecule has 0 spiro atoms.